The van der Waals surface area contributed by atoms with E-state index in [4.69, 9.17) is 4.74 Å². The molecule has 1 aromatic rings. The molecule has 16 heavy (non-hydrogen) atoms. The molecule has 0 spiro atoms. The van der Waals surface area contributed by atoms with Crippen LogP contribution in [0.5, 0.6) is 5.75 Å². The Bertz CT molecular complexity index is 370. The van der Waals surface area contributed by atoms with E-state index >= 15 is 0 Å². The zero-order chi connectivity index (χ0) is 11.7. The lowest BCUT2D eigenvalue weighted by Crippen LogP contribution is -2.13. The molecular formula is C13H20N2O. The molecule has 88 valence electrons. The molecule has 0 aliphatic heterocycles. The number of ether oxygens (including phenoxy) is 1. The first-order valence-corrected chi connectivity index (χ1v) is 5.73. The van der Waals surface area contributed by atoms with Gasteiger partial charge in [0.25, 0.3) is 0 Å². The summed E-state index contributed by atoms with van der Waals surface area (Å²) in [6.07, 6.45) is 2.83. The van der Waals surface area contributed by atoms with Gasteiger partial charge >= 0.3 is 0 Å². The molecular weight excluding hydrogens is 200 g/mol. The predicted octanol–water partition coefficient (Wildman–Crippen LogP) is 2.36. The predicted molar refractivity (Wildman–Crippen MR) is 68.7 cm³/mol. The van der Waals surface area contributed by atoms with Gasteiger partial charge in [-0.15, -0.1) is 0 Å². The number of benzene rings is 1. The van der Waals surface area contributed by atoms with E-state index in [1.54, 1.807) is 0 Å². The first-order chi connectivity index (χ1) is 7.58. The summed E-state index contributed by atoms with van der Waals surface area (Å²) < 4.78 is 5.94. The Hall–Kier alpha value is -1.38. The number of rotatable bonds is 4. The molecule has 1 fully saturated rings. The van der Waals surface area contributed by atoms with Crippen LogP contribution in [0.15, 0.2) is 18.2 Å². The van der Waals surface area contributed by atoms with E-state index in [1.165, 1.54) is 18.5 Å². The quantitative estimate of drug-likeness (QED) is 0.774. The van der Waals surface area contributed by atoms with Gasteiger partial charge in [-0.05, 0) is 25.0 Å². The lowest BCUT2D eigenvalue weighted by molar-refractivity contribution is 0.304. The number of anilines is 2. The van der Waals surface area contributed by atoms with Crippen molar-refractivity contribution in [3.8, 4) is 5.75 Å². The van der Waals surface area contributed by atoms with Crippen molar-refractivity contribution in [2.24, 2.45) is 0 Å². The Kier molecular flexibility index (Phi) is 2.95. The number of hydrogen-bond acceptors (Lipinski definition) is 3. The van der Waals surface area contributed by atoms with Gasteiger partial charge in [0.05, 0.1) is 11.8 Å². The Morgan fingerprint density at radius 1 is 1.06 bits per heavy atom. The van der Waals surface area contributed by atoms with E-state index in [9.17, 15) is 0 Å². The fraction of sp³-hybridized carbons (Fsp3) is 0.538. The van der Waals surface area contributed by atoms with Crippen LogP contribution in [0.4, 0.5) is 11.4 Å². The largest absolute Gasteiger partial charge is 0.488 e. The second kappa shape index (κ2) is 4.24. The average molecular weight is 220 g/mol. The first-order valence-electron chi connectivity index (χ1n) is 5.73. The molecule has 0 amide bonds. The smallest absolute Gasteiger partial charge is 0.145 e. The highest BCUT2D eigenvalue weighted by atomic mass is 16.5. The molecule has 3 nitrogen and oxygen atoms in total. The third-order valence-corrected chi connectivity index (χ3v) is 2.76. The summed E-state index contributed by atoms with van der Waals surface area (Å²) in [7, 11) is 8.19. The second-order valence-corrected chi connectivity index (χ2v) is 4.76. The van der Waals surface area contributed by atoms with Crippen LogP contribution >= 0.6 is 0 Å². The van der Waals surface area contributed by atoms with Crippen molar-refractivity contribution in [1.29, 1.82) is 0 Å². The molecule has 1 aliphatic rings. The molecule has 0 atom stereocenters. The molecule has 0 saturated heterocycles. The van der Waals surface area contributed by atoms with Gasteiger partial charge in [-0.2, -0.15) is 0 Å². The second-order valence-electron chi connectivity index (χ2n) is 4.76. The lowest BCUT2D eigenvalue weighted by Gasteiger charge is -2.21. The summed E-state index contributed by atoms with van der Waals surface area (Å²) in [4.78, 5) is 4.19. The Balaban J connectivity index is 2.29. The molecule has 0 N–H and O–H groups in total. The van der Waals surface area contributed by atoms with Crippen molar-refractivity contribution in [3.05, 3.63) is 18.2 Å². The Morgan fingerprint density at radius 2 is 1.75 bits per heavy atom. The minimum absolute atomic E-state index is 0.441. The third-order valence-electron chi connectivity index (χ3n) is 2.76. The molecule has 0 aromatic heterocycles. The highest BCUT2D eigenvalue weighted by Crippen LogP contribution is 2.35. The van der Waals surface area contributed by atoms with E-state index in [-0.39, 0.29) is 0 Å². The lowest BCUT2D eigenvalue weighted by atomic mass is 10.2. The molecule has 1 aliphatic carbocycles. The van der Waals surface area contributed by atoms with E-state index < -0.39 is 0 Å². The van der Waals surface area contributed by atoms with Gasteiger partial charge in [0.1, 0.15) is 5.75 Å². The van der Waals surface area contributed by atoms with Gasteiger partial charge in [0, 0.05) is 39.9 Å². The van der Waals surface area contributed by atoms with E-state index in [0.717, 1.165) is 11.4 Å². The average Bonchev–Trinajstić information content (AvgIpc) is 3.01. The molecule has 0 heterocycles. The minimum Gasteiger partial charge on any atom is -0.488 e. The summed E-state index contributed by atoms with van der Waals surface area (Å²) in [6.45, 7) is 0. The third kappa shape index (κ3) is 2.40. The molecule has 1 aromatic carbocycles. The van der Waals surface area contributed by atoms with Crippen molar-refractivity contribution in [2.75, 3.05) is 38.0 Å². The molecule has 0 bridgehead atoms. The summed E-state index contributed by atoms with van der Waals surface area (Å²) in [5.41, 5.74) is 2.33. The topological polar surface area (TPSA) is 15.7 Å². The number of hydrogen-bond donors (Lipinski definition) is 0. The standard InChI is InChI=1S/C13H20N2O/c1-14(2)10-5-8-12(15(3)4)13(9-10)16-11-6-7-11/h5,8-9,11H,6-7H2,1-4H3. The SMILES string of the molecule is CN(C)c1ccc(N(C)C)c(OC2CC2)c1. The van der Waals surface area contributed by atoms with Crippen molar-refractivity contribution in [1.82, 2.24) is 0 Å². The first kappa shape index (κ1) is 11.1. The zero-order valence-electron chi connectivity index (χ0n) is 10.5. The highest BCUT2D eigenvalue weighted by molar-refractivity contribution is 5.65. The van der Waals surface area contributed by atoms with Gasteiger partial charge in [-0.25, -0.2) is 0 Å². The van der Waals surface area contributed by atoms with Crippen molar-refractivity contribution >= 4 is 11.4 Å². The van der Waals surface area contributed by atoms with Crippen molar-refractivity contribution < 1.29 is 4.74 Å². The maximum absolute atomic E-state index is 5.94. The van der Waals surface area contributed by atoms with Crippen molar-refractivity contribution in [3.63, 3.8) is 0 Å². The van der Waals surface area contributed by atoms with Gasteiger partial charge in [0.15, 0.2) is 0 Å². The van der Waals surface area contributed by atoms with Crippen LogP contribution in [0.1, 0.15) is 12.8 Å². The molecule has 0 radical (unpaired) electrons. The Morgan fingerprint density at radius 3 is 2.25 bits per heavy atom. The normalized spacial score (nSPS) is 14.8. The van der Waals surface area contributed by atoms with Crippen LogP contribution in [0.3, 0.4) is 0 Å². The van der Waals surface area contributed by atoms with Crippen LogP contribution in [0.25, 0.3) is 0 Å². The monoisotopic (exact) mass is 220 g/mol. The maximum atomic E-state index is 5.94. The van der Waals surface area contributed by atoms with Crippen LogP contribution in [-0.2, 0) is 0 Å². The summed E-state index contributed by atoms with van der Waals surface area (Å²) in [6, 6.07) is 6.36. The summed E-state index contributed by atoms with van der Waals surface area (Å²) in [5, 5.41) is 0. The zero-order valence-corrected chi connectivity index (χ0v) is 10.5. The summed E-state index contributed by atoms with van der Waals surface area (Å²) >= 11 is 0. The Labute approximate surface area is 97.6 Å². The molecule has 1 saturated carbocycles. The van der Waals surface area contributed by atoms with Crippen LogP contribution in [0, 0.1) is 0 Å². The van der Waals surface area contributed by atoms with Crippen molar-refractivity contribution in [2.45, 2.75) is 18.9 Å². The molecule has 3 heteroatoms. The van der Waals surface area contributed by atoms with E-state index in [1.807, 2.05) is 28.2 Å². The van der Waals surface area contributed by atoms with Crippen LogP contribution in [0.2, 0.25) is 0 Å². The van der Waals surface area contributed by atoms with E-state index in [0.29, 0.717) is 6.10 Å². The summed E-state index contributed by atoms with van der Waals surface area (Å²) in [5.74, 6) is 0.999. The fourth-order valence-corrected chi connectivity index (χ4v) is 1.61. The van der Waals surface area contributed by atoms with Gasteiger partial charge in [-0.3, -0.25) is 0 Å². The fourth-order valence-electron chi connectivity index (χ4n) is 1.61. The number of nitrogens with zero attached hydrogens (tertiary/aromatic N) is 2. The highest BCUT2D eigenvalue weighted by Gasteiger charge is 2.25. The van der Waals surface area contributed by atoms with Gasteiger partial charge in [-0.1, -0.05) is 0 Å². The van der Waals surface area contributed by atoms with Gasteiger partial charge < -0.3 is 14.5 Å². The molecule has 2 rings (SSSR count). The van der Waals surface area contributed by atoms with E-state index in [2.05, 4.69) is 28.0 Å². The van der Waals surface area contributed by atoms with Crippen LogP contribution < -0.4 is 14.5 Å². The van der Waals surface area contributed by atoms with Gasteiger partial charge in [0.2, 0.25) is 0 Å². The van der Waals surface area contributed by atoms with Crippen LogP contribution in [-0.4, -0.2) is 34.3 Å². The molecule has 0 unspecified atom stereocenters. The maximum Gasteiger partial charge on any atom is 0.145 e. The minimum atomic E-state index is 0.441.